The third kappa shape index (κ3) is 2.37. The molecule has 1 aromatic heterocycles. The van der Waals surface area contributed by atoms with Crippen molar-refractivity contribution in [1.29, 1.82) is 0 Å². The van der Waals surface area contributed by atoms with Crippen LogP contribution >= 0.6 is 11.6 Å². The van der Waals surface area contributed by atoms with E-state index in [1.54, 1.807) is 12.1 Å². The van der Waals surface area contributed by atoms with E-state index in [0.717, 1.165) is 30.5 Å². The molecule has 0 saturated heterocycles. The summed E-state index contributed by atoms with van der Waals surface area (Å²) in [6.07, 6.45) is 4.69. The topological polar surface area (TPSA) is 12.9 Å². The molecule has 1 aromatic carbocycles. The Kier molecular flexibility index (Phi) is 3.28. The summed E-state index contributed by atoms with van der Waals surface area (Å²) in [5.41, 5.74) is 4.70. The van der Waals surface area contributed by atoms with E-state index in [2.05, 4.69) is 11.9 Å². The van der Waals surface area contributed by atoms with Gasteiger partial charge in [0.15, 0.2) is 0 Å². The highest BCUT2D eigenvalue weighted by Gasteiger charge is 2.24. The highest BCUT2D eigenvalue weighted by Crippen LogP contribution is 2.36. The molecule has 1 unspecified atom stereocenters. The molecule has 19 heavy (non-hydrogen) atoms. The molecule has 1 aliphatic rings. The number of benzene rings is 1. The predicted octanol–water partition coefficient (Wildman–Crippen LogP) is 4.46. The van der Waals surface area contributed by atoms with E-state index in [0.29, 0.717) is 5.02 Å². The van der Waals surface area contributed by atoms with Crippen molar-refractivity contribution in [3.05, 3.63) is 63.7 Å². The zero-order chi connectivity index (χ0) is 13.4. The van der Waals surface area contributed by atoms with E-state index < -0.39 is 0 Å². The Balaban J connectivity index is 1.96. The average molecular weight is 276 g/mol. The summed E-state index contributed by atoms with van der Waals surface area (Å²) in [5.74, 6) is 0.0485. The number of fused-ring (bicyclic) bond motifs is 1. The number of halogens is 2. The number of aryl methyl sites for hydroxylation is 1. The van der Waals surface area contributed by atoms with Crippen molar-refractivity contribution in [2.45, 2.75) is 32.1 Å². The second kappa shape index (κ2) is 4.93. The molecule has 0 saturated carbocycles. The molecule has 0 spiro atoms. The SMILES string of the molecule is Cc1ccnc2c1CCC(c1cc(F)ccc1Cl)C2. The van der Waals surface area contributed by atoms with Crippen LogP contribution in [0.2, 0.25) is 5.02 Å². The predicted molar refractivity (Wildman–Crippen MR) is 75.2 cm³/mol. The van der Waals surface area contributed by atoms with Gasteiger partial charge >= 0.3 is 0 Å². The third-order valence-corrected chi connectivity index (χ3v) is 4.30. The van der Waals surface area contributed by atoms with Gasteiger partial charge in [0, 0.05) is 16.9 Å². The highest BCUT2D eigenvalue weighted by molar-refractivity contribution is 6.31. The zero-order valence-corrected chi connectivity index (χ0v) is 11.5. The van der Waals surface area contributed by atoms with E-state index in [-0.39, 0.29) is 11.7 Å². The lowest BCUT2D eigenvalue weighted by Gasteiger charge is -2.26. The number of rotatable bonds is 1. The van der Waals surface area contributed by atoms with E-state index >= 15 is 0 Å². The molecule has 3 rings (SSSR count). The van der Waals surface area contributed by atoms with Gasteiger partial charge in [-0.1, -0.05) is 11.6 Å². The summed E-state index contributed by atoms with van der Waals surface area (Å²) in [6.45, 7) is 2.12. The molecule has 0 N–H and O–H groups in total. The first-order chi connectivity index (χ1) is 9.15. The summed E-state index contributed by atoms with van der Waals surface area (Å²) in [7, 11) is 0. The first kappa shape index (κ1) is 12.6. The molecule has 0 aliphatic heterocycles. The van der Waals surface area contributed by atoms with Crippen LogP contribution in [0.3, 0.4) is 0 Å². The van der Waals surface area contributed by atoms with Crippen LogP contribution in [0.5, 0.6) is 0 Å². The van der Waals surface area contributed by atoms with Gasteiger partial charge < -0.3 is 0 Å². The van der Waals surface area contributed by atoms with Crippen LogP contribution in [-0.2, 0) is 12.8 Å². The largest absolute Gasteiger partial charge is 0.261 e. The van der Waals surface area contributed by atoms with Crippen LogP contribution in [0.25, 0.3) is 0 Å². The molecule has 98 valence electrons. The van der Waals surface area contributed by atoms with E-state index in [1.165, 1.54) is 17.2 Å². The van der Waals surface area contributed by atoms with Gasteiger partial charge in [0.05, 0.1) is 0 Å². The minimum atomic E-state index is -0.220. The van der Waals surface area contributed by atoms with Crippen molar-refractivity contribution in [1.82, 2.24) is 4.98 Å². The number of hydrogen-bond donors (Lipinski definition) is 0. The fourth-order valence-electron chi connectivity index (χ4n) is 2.91. The normalized spacial score (nSPS) is 18.2. The minimum absolute atomic E-state index is 0.220. The van der Waals surface area contributed by atoms with Crippen LogP contribution in [0.1, 0.15) is 34.7 Å². The molecule has 1 atom stereocenters. The highest BCUT2D eigenvalue weighted by atomic mass is 35.5. The number of aromatic nitrogens is 1. The molecule has 1 aliphatic carbocycles. The smallest absolute Gasteiger partial charge is 0.123 e. The van der Waals surface area contributed by atoms with Crippen molar-refractivity contribution in [2.24, 2.45) is 0 Å². The summed E-state index contributed by atoms with van der Waals surface area (Å²) >= 11 is 6.20. The molecular weight excluding hydrogens is 261 g/mol. The van der Waals surface area contributed by atoms with Crippen LogP contribution in [-0.4, -0.2) is 4.98 Å². The van der Waals surface area contributed by atoms with Crippen LogP contribution in [0.4, 0.5) is 4.39 Å². The van der Waals surface area contributed by atoms with E-state index in [4.69, 9.17) is 11.6 Å². The Hall–Kier alpha value is -1.41. The summed E-state index contributed by atoms with van der Waals surface area (Å²) < 4.78 is 13.4. The molecule has 0 bridgehead atoms. The molecule has 0 fully saturated rings. The van der Waals surface area contributed by atoms with Gasteiger partial charge in [-0.25, -0.2) is 4.39 Å². The van der Waals surface area contributed by atoms with Gasteiger partial charge in [-0.3, -0.25) is 4.98 Å². The Morgan fingerprint density at radius 3 is 3.00 bits per heavy atom. The monoisotopic (exact) mass is 275 g/mol. The number of pyridine rings is 1. The summed E-state index contributed by atoms with van der Waals surface area (Å²) in [4.78, 5) is 4.47. The summed E-state index contributed by atoms with van der Waals surface area (Å²) in [5, 5.41) is 0.655. The average Bonchev–Trinajstić information content (AvgIpc) is 2.41. The molecule has 1 heterocycles. The van der Waals surface area contributed by atoms with Crippen LogP contribution in [0.15, 0.2) is 30.5 Å². The molecule has 0 amide bonds. The molecular formula is C16H15ClFN. The third-order valence-electron chi connectivity index (χ3n) is 3.96. The van der Waals surface area contributed by atoms with Crippen LogP contribution < -0.4 is 0 Å². The fraction of sp³-hybridized carbons (Fsp3) is 0.312. The first-order valence-corrected chi connectivity index (χ1v) is 6.91. The summed E-state index contributed by atoms with van der Waals surface area (Å²) in [6, 6.07) is 6.67. The second-order valence-corrected chi connectivity index (χ2v) is 5.57. The van der Waals surface area contributed by atoms with Gasteiger partial charge in [-0.15, -0.1) is 0 Å². The Labute approximate surface area is 117 Å². The van der Waals surface area contributed by atoms with Gasteiger partial charge in [0.2, 0.25) is 0 Å². The lowest BCUT2D eigenvalue weighted by Crippen LogP contribution is -2.15. The van der Waals surface area contributed by atoms with Crippen molar-refractivity contribution in [2.75, 3.05) is 0 Å². The van der Waals surface area contributed by atoms with Crippen molar-refractivity contribution in [3.8, 4) is 0 Å². The van der Waals surface area contributed by atoms with E-state index in [1.807, 2.05) is 12.3 Å². The molecule has 0 radical (unpaired) electrons. The zero-order valence-electron chi connectivity index (χ0n) is 10.8. The van der Waals surface area contributed by atoms with Gasteiger partial charge in [-0.05, 0) is 73.1 Å². The van der Waals surface area contributed by atoms with Gasteiger partial charge in [0.25, 0.3) is 0 Å². The second-order valence-electron chi connectivity index (χ2n) is 5.16. The lowest BCUT2D eigenvalue weighted by molar-refractivity contribution is 0.562. The van der Waals surface area contributed by atoms with Crippen molar-refractivity contribution >= 4 is 11.6 Å². The van der Waals surface area contributed by atoms with Gasteiger partial charge in [0.1, 0.15) is 5.82 Å². The maximum Gasteiger partial charge on any atom is 0.123 e. The van der Waals surface area contributed by atoms with E-state index in [9.17, 15) is 4.39 Å². The molecule has 2 aromatic rings. The number of nitrogens with zero attached hydrogens (tertiary/aromatic N) is 1. The lowest BCUT2D eigenvalue weighted by atomic mass is 9.81. The molecule has 3 heteroatoms. The van der Waals surface area contributed by atoms with Gasteiger partial charge in [-0.2, -0.15) is 0 Å². The fourth-order valence-corrected chi connectivity index (χ4v) is 3.18. The number of hydrogen-bond acceptors (Lipinski definition) is 1. The minimum Gasteiger partial charge on any atom is -0.261 e. The quantitative estimate of drug-likeness (QED) is 0.749. The standard InChI is InChI=1S/C16H15ClFN/c1-10-6-7-19-16-8-11(2-4-13(10)16)14-9-12(18)3-5-15(14)17/h3,5-7,9,11H,2,4,8H2,1H3. The van der Waals surface area contributed by atoms with Crippen LogP contribution in [0, 0.1) is 12.7 Å². The maximum atomic E-state index is 13.4. The Morgan fingerprint density at radius 1 is 1.32 bits per heavy atom. The maximum absolute atomic E-state index is 13.4. The first-order valence-electron chi connectivity index (χ1n) is 6.53. The van der Waals surface area contributed by atoms with Crippen molar-refractivity contribution < 1.29 is 4.39 Å². The van der Waals surface area contributed by atoms with Crippen molar-refractivity contribution in [3.63, 3.8) is 0 Å². The Bertz CT molecular complexity index is 624. The molecule has 1 nitrogen and oxygen atoms in total. The Morgan fingerprint density at radius 2 is 2.16 bits per heavy atom.